The van der Waals surface area contributed by atoms with Gasteiger partial charge in [-0.05, 0) is 17.5 Å². The minimum Gasteiger partial charge on any atom is -0.273 e. The molecule has 0 atom stereocenters. The highest BCUT2D eigenvalue weighted by atomic mass is 32.1. The molecule has 2 heterocycles. The Bertz CT molecular complexity index is 490. The third-order valence-corrected chi connectivity index (χ3v) is 2.95. The SMILES string of the molecule is CN1C(=O)NC(=O)/C(=C\c2cccs2)C1=O. The molecule has 1 aromatic rings. The van der Waals surface area contributed by atoms with Gasteiger partial charge < -0.3 is 0 Å². The van der Waals surface area contributed by atoms with Crippen molar-refractivity contribution in [1.29, 1.82) is 0 Å². The standard InChI is InChI=1S/C10H8N2O3S/c1-12-9(14)7(8(13)11-10(12)15)5-6-3-2-4-16-6/h2-5H,1H3,(H,11,13,15)/b7-5+. The van der Waals surface area contributed by atoms with Crippen LogP contribution >= 0.6 is 11.3 Å². The Morgan fingerprint density at radius 1 is 1.38 bits per heavy atom. The topological polar surface area (TPSA) is 66.5 Å². The molecule has 0 radical (unpaired) electrons. The number of barbiturate groups is 1. The molecule has 0 bridgehead atoms. The maximum atomic E-state index is 11.7. The second-order valence-electron chi connectivity index (χ2n) is 3.20. The highest BCUT2D eigenvalue weighted by Crippen LogP contribution is 2.16. The van der Waals surface area contributed by atoms with Gasteiger partial charge in [-0.3, -0.25) is 19.8 Å². The molecule has 1 aliphatic heterocycles. The Morgan fingerprint density at radius 3 is 2.75 bits per heavy atom. The van der Waals surface area contributed by atoms with Gasteiger partial charge in [0.05, 0.1) is 0 Å². The molecule has 0 aromatic carbocycles. The van der Waals surface area contributed by atoms with Crippen molar-refractivity contribution in [2.45, 2.75) is 0 Å². The molecule has 0 saturated carbocycles. The van der Waals surface area contributed by atoms with Gasteiger partial charge in [0.1, 0.15) is 5.57 Å². The highest BCUT2D eigenvalue weighted by Gasteiger charge is 2.32. The number of hydrogen-bond acceptors (Lipinski definition) is 4. The second-order valence-corrected chi connectivity index (χ2v) is 4.18. The van der Waals surface area contributed by atoms with E-state index in [1.54, 1.807) is 6.07 Å². The fourth-order valence-corrected chi connectivity index (χ4v) is 1.92. The minimum atomic E-state index is -0.696. The van der Waals surface area contributed by atoms with Crippen LogP contribution in [0.25, 0.3) is 6.08 Å². The van der Waals surface area contributed by atoms with Crippen LogP contribution in [-0.2, 0) is 9.59 Å². The molecule has 0 aliphatic carbocycles. The zero-order valence-electron chi connectivity index (χ0n) is 8.39. The van der Waals surface area contributed by atoms with Gasteiger partial charge in [-0.2, -0.15) is 0 Å². The number of hydrogen-bond donors (Lipinski definition) is 1. The third-order valence-electron chi connectivity index (χ3n) is 2.13. The van der Waals surface area contributed by atoms with Crippen LogP contribution in [0.15, 0.2) is 23.1 Å². The van der Waals surface area contributed by atoms with Gasteiger partial charge in [0.15, 0.2) is 0 Å². The van der Waals surface area contributed by atoms with E-state index in [2.05, 4.69) is 5.32 Å². The smallest absolute Gasteiger partial charge is 0.273 e. The van der Waals surface area contributed by atoms with Gasteiger partial charge in [-0.25, -0.2) is 4.79 Å². The number of likely N-dealkylation sites (N-methyl/N-ethyl adjacent to an activating group) is 1. The van der Waals surface area contributed by atoms with E-state index in [-0.39, 0.29) is 5.57 Å². The molecule has 4 amide bonds. The van der Waals surface area contributed by atoms with Gasteiger partial charge in [0, 0.05) is 11.9 Å². The van der Waals surface area contributed by atoms with Crippen LogP contribution in [0.4, 0.5) is 4.79 Å². The highest BCUT2D eigenvalue weighted by molar-refractivity contribution is 7.10. The predicted octanol–water partition coefficient (Wildman–Crippen LogP) is 0.840. The molecule has 0 unspecified atom stereocenters. The Kier molecular flexibility index (Phi) is 2.57. The van der Waals surface area contributed by atoms with E-state index >= 15 is 0 Å². The number of carbonyl (C=O) groups is 3. The third kappa shape index (κ3) is 1.74. The number of nitrogens with zero attached hydrogens (tertiary/aromatic N) is 1. The number of thiophene rings is 1. The molecule has 0 spiro atoms. The fourth-order valence-electron chi connectivity index (χ4n) is 1.26. The molecule has 16 heavy (non-hydrogen) atoms. The van der Waals surface area contributed by atoms with Crippen LogP contribution in [0.3, 0.4) is 0 Å². The van der Waals surface area contributed by atoms with Crippen LogP contribution in [-0.4, -0.2) is 29.8 Å². The Balaban J connectivity index is 2.37. The van der Waals surface area contributed by atoms with E-state index in [9.17, 15) is 14.4 Å². The summed E-state index contributed by atoms with van der Waals surface area (Å²) >= 11 is 1.41. The molecule has 1 aromatic heterocycles. The monoisotopic (exact) mass is 236 g/mol. The largest absolute Gasteiger partial charge is 0.331 e. The Labute approximate surface area is 95.4 Å². The summed E-state index contributed by atoms with van der Waals surface area (Å²) in [5, 5.41) is 3.93. The first-order chi connectivity index (χ1) is 7.59. The average molecular weight is 236 g/mol. The number of nitrogens with one attached hydrogen (secondary N) is 1. The quantitative estimate of drug-likeness (QED) is 0.580. The summed E-state index contributed by atoms with van der Waals surface area (Å²) in [5.41, 5.74) is -0.0236. The van der Waals surface area contributed by atoms with E-state index in [0.717, 1.165) is 9.78 Å². The molecular weight excluding hydrogens is 228 g/mol. The van der Waals surface area contributed by atoms with Crippen molar-refractivity contribution in [2.75, 3.05) is 7.05 Å². The van der Waals surface area contributed by atoms with Crippen molar-refractivity contribution >= 4 is 35.3 Å². The number of imide groups is 2. The minimum absolute atomic E-state index is 0.0236. The molecule has 1 aliphatic rings. The van der Waals surface area contributed by atoms with Crippen molar-refractivity contribution in [2.24, 2.45) is 0 Å². The van der Waals surface area contributed by atoms with Crippen molar-refractivity contribution in [1.82, 2.24) is 10.2 Å². The molecule has 1 saturated heterocycles. The van der Waals surface area contributed by atoms with Crippen molar-refractivity contribution in [3.05, 3.63) is 28.0 Å². The van der Waals surface area contributed by atoms with Crippen LogP contribution in [0.5, 0.6) is 0 Å². The summed E-state index contributed by atoms with van der Waals surface area (Å²) in [6.45, 7) is 0. The second kappa shape index (κ2) is 3.90. The summed E-state index contributed by atoms with van der Waals surface area (Å²) in [7, 11) is 1.33. The van der Waals surface area contributed by atoms with Crippen LogP contribution < -0.4 is 5.32 Å². The summed E-state index contributed by atoms with van der Waals surface area (Å²) in [6.07, 6.45) is 1.48. The lowest BCUT2D eigenvalue weighted by Crippen LogP contribution is -2.52. The van der Waals surface area contributed by atoms with E-state index in [0.29, 0.717) is 0 Å². The van der Waals surface area contributed by atoms with Crippen molar-refractivity contribution in [3.8, 4) is 0 Å². The molecular formula is C10H8N2O3S. The number of amides is 4. The zero-order valence-corrected chi connectivity index (χ0v) is 9.21. The zero-order chi connectivity index (χ0) is 11.7. The predicted molar refractivity (Wildman–Crippen MR) is 58.6 cm³/mol. The lowest BCUT2D eigenvalue weighted by Gasteiger charge is -2.22. The maximum absolute atomic E-state index is 11.7. The average Bonchev–Trinajstić information content (AvgIpc) is 2.74. The Morgan fingerprint density at radius 2 is 2.12 bits per heavy atom. The van der Waals surface area contributed by atoms with Gasteiger partial charge >= 0.3 is 6.03 Å². The van der Waals surface area contributed by atoms with Gasteiger partial charge in [0.2, 0.25) is 0 Å². The van der Waals surface area contributed by atoms with E-state index in [1.807, 2.05) is 11.4 Å². The van der Waals surface area contributed by atoms with Crippen LogP contribution in [0.1, 0.15) is 4.88 Å². The van der Waals surface area contributed by atoms with Crippen molar-refractivity contribution in [3.63, 3.8) is 0 Å². The van der Waals surface area contributed by atoms with Crippen LogP contribution in [0.2, 0.25) is 0 Å². The molecule has 82 valence electrons. The van der Waals surface area contributed by atoms with Gasteiger partial charge in [-0.15, -0.1) is 11.3 Å². The van der Waals surface area contributed by atoms with Gasteiger partial charge in [-0.1, -0.05) is 6.07 Å². The number of urea groups is 1. The lowest BCUT2D eigenvalue weighted by atomic mass is 10.1. The Hall–Kier alpha value is -1.95. The maximum Gasteiger partial charge on any atom is 0.331 e. The summed E-state index contributed by atoms with van der Waals surface area (Å²) < 4.78 is 0. The van der Waals surface area contributed by atoms with Gasteiger partial charge in [0.25, 0.3) is 11.8 Å². The molecule has 5 nitrogen and oxygen atoms in total. The molecule has 6 heteroatoms. The van der Waals surface area contributed by atoms with Crippen molar-refractivity contribution < 1.29 is 14.4 Å². The van der Waals surface area contributed by atoms with E-state index in [1.165, 1.54) is 24.5 Å². The summed E-state index contributed by atoms with van der Waals surface area (Å²) in [4.78, 5) is 35.9. The number of rotatable bonds is 1. The fraction of sp³-hybridized carbons (Fsp3) is 0.100. The lowest BCUT2D eigenvalue weighted by molar-refractivity contribution is -0.129. The first kappa shape index (κ1) is 10.6. The molecule has 1 N–H and O–H groups in total. The first-order valence-electron chi connectivity index (χ1n) is 4.48. The summed E-state index contributed by atoms with van der Waals surface area (Å²) in [5.74, 6) is -1.23. The van der Waals surface area contributed by atoms with E-state index < -0.39 is 17.8 Å². The van der Waals surface area contributed by atoms with E-state index in [4.69, 9.17) is 0 Å². The summed E-state index contributed by atoms with van der Waals surface area (Å²) in [6, 6.07) is 2.91. The normalized spacial score (nSPS) is 19.2. The van der Waals surface area contributed by atoms with Crippen LogP contribution in [0, 0.1) is 0 Å². The molecule has 2 rings (SSSR count). The molecule has 1 fully saturated rings. The number of carbonyl (C=O) groups excluding carboxylic acids is 3. The first-order valence-corrected chi connectivity index (χ1v) is 5.36.